The van der Waals surface area contributed by atoms with E-state index in [1.807, 2.05) is 10.7 Å². The van der Waals surface area contributed by atoms with Crippen LogP contribution in [0.4, 0.5) is 5.69 Å². The number of carbonyl (C=O) groups is 2. The number of anilines is 1. The van der Waals surface area contributed by atoms with E-state index in [1.54, 1.807) is 30.5 Å². The predicted octanol–water partition coefficient (Wildman–Crippen LogP) is 2.03. The van der Waals surface area contributed by atoms with Gasteiger partial charge in [-0.15, -0.1) is 0 Å². The molecule has 0 saturated heterocycles. The molecule has 1 aromatic heterocycles. The van der Waals surface area contributed by atoms with Crippen molar-refractivity contribution >= 4 is 17.6 Å². The van der Waals surface area contributed by atoms with Crippen molar-refractivity contribution in [2.24, 2.45) is 0 Å². The Bertz CT molecular complexity index is 708. The number of amides is 1. The number of hydrogen-bond donors (Lipinski definition) is 2. The maximum Gasteiger partial charge on any atom is 0.307 e. The number of nitrogens with zero attached hydrogens (tertiary/aromatic N) is 2. The molecule has 0 fully saturated rings. The van der Waals surface area contributed by atoms with Gasteiger partial charge in [0.25, 0.3) is 0 Å². The van der Waals surface area contributed by atoms with E-state index in [-0.39, 0.29) is 18.2 Å². The van der Waals surface area contributed by atoms with Crippen LogP contribution in [0.2, 0.25) is 0 Å². The third kappa shape index (κ3) is 2.86. The van der Waals surface area contributed by atoms with E-state index in [1.165, 1.54) is 0 Å². The summed E-state index contributed by atoms with van der Waals surface area (Å²) in [6.07, 6.45) is 3.28. The zero-order valence-corrected chi connectivity index (χ0v) is 12.0. The Morgan fingerprint density at radius 3 is 2.95 bits per heavy atom. The topological polar surface area (TPSA) is 84.2 Å². The van der Waals surface area contributed by atoms with Gasteiger partial charge < -0.3 is 10.4 Å². The largest absolute Gasteiger partial charge is 0.481 e. The van der Waals surface area contributed by atoms with Gasteiger partial charge in [0, 0.05) is 18.4 Å². The molecule has 0 aliphatic carbocycles. The van der Waals surface area contributed by atoms with E-state index < -0.39 is 5.97 Å². The first kappa shape index (κ1) is 14.3. The Morgan fingerprint density at radius 2 is 2.14 bits per heavy atom. The van der Waals surface area contributed by atoms with Crippen LogP contribution in [0.3, 0.4) is 0 Å². The van der Waals surface area contributed by atoms with Crippen molar-refractivity contribution in [2.45, 2.75) is 31.7 Å². The molecular formula is C16H17N3O3. The molecule has 0 radical (unpaired) electrons. The number of hydrogen-bond acceptors (Lipinski definition) is 3. The van der Waals surface area contributed by atoms with Crippen molar-refractivity contribution in [3.05, 3.63) is 47.8 Å². The molecule has 2 heterocycles. The number of benzene rings is 1. The quantitative estimate of drug-likeness (QED) is 0.904. The van der Waals surface area contributed by atoms with Gasteiger partial charge in [0.1, 0.15) is 0 Å². The highest BCUT2D eigenvalue weighted by Gasteiger charge is 2.27. The zero-order chi connectivity index (χ0) is 15.5. The fourth-order valence-corrected chi connectivity index (χ4v) is 2.86. The Balaban J connectivity index is 1.80. The Hall–Kier alpha value is -2.63. The van der Waals surface area contributed by atoms with Crippen molar-refractivity contribution in [3.8, 4) is 0 Å². The van der Waals surface area contributed by atoms with E-state index in [4.69, 9.17) is 5.11 Å². The molecule has 2 N–H and O–H groups in total. The highest BCUT2D eigenvalue weighted by molar-refractivity contribution is 5.96. The van der Waals surface area contributed by atoms with Crippen LogP contribution in [0.5, 0.6) is 0 Å². The van der Waals surface area contributed by atoms with Gasteiger partial charge in [-0.2, -0.15) is 5.10 Å². The standard InChI is InChI=1S/C16H17N3O3/c20-15(21)10-11-4-1-2-6-13(11)18-16(22)12-5-3-9-19-14(12)7-8-17-19/h1-2,4,6-8,12H,3,5,9-10H2,(H,18,22)(H,20,21). The van der Waals surface area contributed by atoms with Crippen molar-refractivity contribution in [3.63, 3.8) is 0 Å². The van der Waals surface area contributed by atoms with Gasteiger partial charge in [-0.3, -0.25) is 14.3 Å². The lowest BCUT2D eigenvalue weighted by atomic mass is 9.95. The molecular weight excluding hydrogens is 282 g/mol. The summed E-state index contributed by atoms with van der Waals surface area (Å²) in [5, 5.41) is 16.0. The second-order valence-corrected chi connectivity index (χ2v) is 5.39. The van der Waals surface area contributed by atoms with Gasteiger partial charge in [-0.05, 0) is 30.5 Å². The maximum atomic E-state index is 12.6. The Kier molecular flexibility index (Phi) is 3.91. The van der Waals surface area contributed by atoms with Gasteiger partial charge >= 0.3 is 5.97 Å². The first-order valence-electron chi connectivity index (χ1n) is 7.27. The molecule has 1 aliphatic heterocycles. The number of aromatic nitrogens is 2. The molecule has 1 amide bonds. The second-order valence-electron chi connectivity index (χ2n) is 5.39. The summed E-state index contributed by atoms with van der Waals surface area (Å²) in [5.41, 5.74) is 2.08. The van der Waals surface area contributed by atoms with E-state index in [2.05, 4.69) is 10.4 Å². The molecule has 3 rings (SSSR count). The van der Waals surface area contributed by atoms with Crippen LogP contribution in [0.25, 0.3) is 0 Å². The molecule has 0 saturated carbocycles. The van der Waals surface area contributed by atoms with Gasteiger partial charge in [-0.1, -0.05) is 18.2 Å². The van der Waals surface area contributed by atoms with Crippen LogP contribution >= 0.6 is 0 Å². The van der Waals surface area contributed by atoms with E-state index in [9.17, 15) is 9.59 Å². The van der Waals surface area contributed by atoms with Gasteiger partial charge in [0.15, 0.2) is 0 Å². The Labute approximate surface area is 127 Å². The van der Waals surface area contributed by atoms with E-state index >= 15 is 0 Å². The van der Waals surface area contributed by atoms with E-state index in [0.717, 1.165) is 25.1 Å². The van der Waals surface area contributed by atoms with Crippen LogP contribution in [-0.4, -0.2) is 26.8 Å². The molecule has 2 aromatic rings. The predicted molar refractivity (Wildman–Crippen MR) is 80.6 cm³/mol. The summed E-state index contributed by atoms with van der Waals surface area (Å²) < 4.78 is 1.86. The SMILES string of the molecule is O=C(O)Cc1ccccc1NC(=O)C1CCCn2nccc21. The summed E-state index contributed by atoms with van der Waals surface area (Å²) in [5.74, 6) is -1.27. The number of rotatable bonds is 4. The van der Waals surface area contributed by atoms with Gasteiger partial charge in [0.05, 0.1) is 18.0 Å². The summed E-state index contributed by atoms with van der Waals surface area (Å²) in [7, 11) is 0. The number of fused-ring (bicyclic) bond motifs is 1. The van der Waals surface area contributed by atoms with Crippen LogP contribution in [0, 0.1) is 0 Å². The molecule has 114 valence electrons. The zero-order valence-electron chi connectivity index (χ0n) is 12.0. The highest BCUT2D eigenvalue weighted by Crippen LogP contribution is 2.28. The normalized spacial score (nSPS) is 16.8. The smallest absolute Gasteiger partial charge is 0.307 e. The molecule has 6 heteroatoms. The lowest BCUT2D eigenvalue weighted by Crippen LogP contribution is -2.27. The maximum absolute atomic E-state index is 12.6. The first-order chi connectivity index (χ1) is 10.6. The molecule has 6 nitrogen and oxygen atoms in total. The number of carboxylic acid groups (broad SMARTS) is 1. The third-order valence-corrected chi connectivity index (χ3v) is 3.90. The number of carboxylic acids is 1. The lowest BCUT2D eigenvalue weighted by Gasteiger charge is -2.23. The number of aryl methyl sites for hydroxylation is 1. The van der Waals surface area contributed by atoms with Crippen LogP contribution in [0.1, 0.15) is 30.0 Å². The van der Waals surface area contributed by atoms with Crippen LogP contribution in [0.15, 0.2) is 36.5 Å². The average molecular weight is 299 g/mol. The summed E-state index contributed by atoms with van der Waals surface area (Å²) >= 11 is 0. The number of carbonyl (C=O) groups excluding carboxylic acids is 1. The van der Waals surface area contributed by atoms with Gasteiger partial charge in [0.2, 0.25) is 5.91 Å². The summed E-state index contributed by atoms with van der Waals surface area (Å²) in [6.45, 7) is 0.835. The van der Waals surface area contributed by atoms with Crippen LogP contribution < -0.4 is 5.32 Å². The Morgan fingerprint density at radius 1 is 1.32 bits per heavy atom. The van der Waals surface area contributed by atoms with Gasteiger partial charge in [-0.25, -0.2) is 0 Å². The van der Waals surface area contributed by atoms with E-state index in [0.29, 0.717) is 11.3 Å². The molecule has 1 unspecified atom stereocenters. The van der Waals surface area contributed by atoms with Crippen molar-refractivity contribution in [1.29, 1.82) is 0 Å². The minimum atomic E-state index is -0.919. The summed E-state index contributed by atoms with van der Waals surface area (Å²) in [4.78, 5) is 23.5. The fraction of sp³-hybridized carbons (Fsp3) is 0.312. The van der Waals surface area contributed by atoms with Crippen molar-refractivity contribution in [1.82, 2.24) is 9.78 Å². The number of nitrogens with one attached hydrogen (secondary N) is 1. The molecule has 0 bridgehead atoms. The lowest BCUT2D eigenvalue weighted by molar-refractivity contribution is -0.136. The highest BCUT2D eigenvalue weighted by atomic mass is 16.4. The average Bonchev–Trinajstić information content (AvgIpc) is 2.97. The molecule has 0 spiro atoms. The molecule has 1 atom stereocenters. The minimum absolute atomic E-state index is 0.112. The first-order valence-corrected chi connectivity index (χ1v) is 7.27. The third-order valence-electron chi connectivity index (χ3n) is 3.90. The molecule has 22 heavy (non-hydrogen) atoms. The molecule has 1 aliphatic rings. The number of aliphatic carboxylic acids is 1. The minimum Gasteiger partial charge on any atom is -0.481 e. The van der Waals surface area contributed by atoms with Crippen molar-refractivity contribution in [2.75, 3.05) is 5.32 Å². The second kappa shape index (κ2) is 6.01. The van der Waals surface area contributed by atoms with Crippen LogP contribution in [-0.2, 0) is 22.6 Å². The monoisotopic (exact) mass is 299 g/mol. The molecule has 1 aromatic carbocycles. The number of para-hydroxylation sites is 1. The van der Waals surface area contributed by atoms with Crippen molar-refractivity contribution < 1.29 is 14.7 Å². The fourth-order valence-electron chi connectivity index (χ4n) is 2.86. The summed E-state index contributed by atoms with van der Waals surface area (Å²) in [6, 6.07) is 8.87.